The van der Waals surface area contributed by atoms with Crippen molar-refractivity contribution >= 4 is 15.6 Å². The van der Waals surface area contributed by atoms with E-state index in [4.69, 9.17) is 27.1 Å². The molecule has 0 saturated carbocycles. The first kappa shape index (κ1) is 41.0. The molecule has 0 bridgehead atoms. The number of phosphoric acid groups is 2. The van der Waals surface area contributed by atoms with Gasteiger partial charge in [0.1, 0.15) is 34.5 Å². The molecule has 0 heterocycles. The van der Waals surface area contributed by atoms with Gasteiger partial charge in [0.2, 0.25) is 0 Å². The van der Waals surface area contributed by atoms with E-state index in [0.717, 1.165) is 0 Å². The summed E-state index contributed by atoms with van der Waals surface area (Å²) in [6, 6.07) is 52.7. The van der Waals surface area contributed by atoms with E-state index in [-0.39, 0.29) is 45.2 Å². The maximum atomic E-state index is 13.1. The molecule has 0 aliphatic carbocycles. The van der Waals surface area contributed by atoms with Crippen molar-refractivity contribution in [2.75, 3.05) is 0 Å². The summed E-state index contributed by atoms with van der Waals surface area (Å²) in [4.78, 5) is 0. The van der Waals surface area contributed by atoms with Gasteiger partial charge in [-0.3, -0.25) is 0 Å². The van der Waals surface area contributed by atoms with Crippen molar-refractivity contribution in [3.8, 4) is 34.5 Å². The van der Waals surface area contributed by atoms with Gasteiger partial charge in [0, 0.05) is 0 Å². The predicted octanol–water partition coefficient (Wildman–Crippen LogP) is 4.67. The number of phosphoric ester groups is 2. The molecular weight excluding hydrogens is 800 g/mol. The third kappa shape index (κ3) is 14.1. The van der Waals surface area contributed by atoms with E-state index in [0.29, 0.717) is 34.5 Å². The molecule has 0 unspecified atom stereocenters. The Bertz CT molecular complexity index is 1490. The largest absolute Gasteiger partial charge is 2.00 e. The number of hydrogen-bond acceptors (Lipinski definition) is 8. The zero-order valence-corrected chi connectivity index (χ0v) is 30.4. The van der Waals surface area contributed by atoms with Gasteiger partial charge in [-0.1, -0.05) is 109 Å². The monoisotopic (exact) mass is 828 g/mol. The Hall–Kier alpha value is -4.18. The van der Waals surface area contributed by atoms with Crippen LogP contribution < -0.4 is 52.0 Å². The van der Waals surface area contributed by atoms with Crippen molar-refractivity contribution < 1.29 is 81.5 Å². The molecule has 49 heavy (non-hydrogen) atoms. The van der Waals surface area contributed by atoms with E-state index >= 15 is 0 Å². The zero-order chi connectivity index (χ0) is 31.9. The summed E-state index contributed by atoms with van der Waals surface area (Å²) in [6.07, 6.45) is 0. The normalized spacial score (nSPS) is 10.1. The summed E-state index contributed by atoms with van der Waals surface area (Å²) in [7, 11) is -7.77. The van der Waals surface area contributed by atoms with Gasteiger partial charge in [0.05, 0.1) is 0 Å². The summed E-state index contributed by atoms with van der Waals surface area (Å²) in [5, 5.41) is 0. The molecule has 0 fully saturated rings. The second-order valence-electron chi connectivity index (χ2n) is 9.32. The van der Waals surface area contributed by atoms with E-state index in [1.54, 1.807) is 146 Å². The molecule has 0 aromatic heterocycles. The molecule has 13 heteroatoms. The molecular formula is C36H30Cl2O8P2Pd. The molecule has 6 rings (SSSR count). The van der Waals surface area contributed by atoms with Crippen molar-refractivity contribution in [1.82, 2.24) is 0 Å². The minimum absolute atomic E-state index is 0. The van der Waals surface area contributed by atoms with Crippen LogP contribution in [-0.4, -0.2) is 0 Å². The van der Waals surface area contributed by atoms with Crippen LogP contribution in [0.3, 0.4) is 0 Å². The predicted molar refractivity (Wildman–Crippen MR) is 178 cm³/mol. The SMILES string of the molecule is O=P(Oc1ccccc1)(Oc1ccccc1)Oc1ccccc1.O=P(Oc1ccccc1)(Oc1ccccc1)Oc1ccccc1.[Cl-].[Cl-].[Pd+2]. The van der Waals surface area contributed by atoms with Gasteiger partial charge in [-0.15, -0.1) is 0 Å². The van der Waals surface area contributed by atoms with Crippen LogP contribution in [-0.2, 0) is 29.6 Å². The molecule has 0 amide bonds. The molecule has 0 atom stereocenters. The molecule has 6 aromatic rings. The summed E-state index contributed by atoms with van der Waals surface area (Å²) >= 11 is 0. The van der Waals surface area contributed by atoms with Gasteiger partial charge in [-0.05, 0) is 72.8 Å². The van der Waals surface area contributed by atoms with Crippen molar-refractivity contribution in [2.24, 2.45) is 0 Å². The van der Waals surface area contributed by atoms with Crippen LogP contribution in [0.15, 0.2) is 182 Å². The van der Waals surface area contributed by atoms with Gasteiger partial charge in [0.25, 0.3) is 0 Å². The molecule has 6 aromatic carbocycles. The van der Waals surface area contributed by atoms with Crippen LogP contribution in [0.4, 0.5) is 0 Å². The first-order chi connectivity index (χ1) is 22.5. The summed E-state index contributed by atoms with van der Waals surface area (Å²) in [5.74, 6) is 2.43. The Morgan fingerprint density at radius 2 is 0.388 bits per heavy atom. The Morgan fingerprint density at radius 1 is 0.265 bits per heavy atom. The first-order valence-corrected chi connectivity index (χ1v) is 17.1. The van der Waals surface area contributed by atoms with Gasteiger partial charge in [-0.2, -0.15) is 9.13 Å². The zero-order valence-electron chi connectivity index (χ0n) is 25.6. The molecule has 0 radical (unpaired) electrons. The smallest absolute Gasteiger partial charge is 1.00 e. The maximum Gasteiger partial charge on any atom is 2.00 e. The fourth-order valence-corrected chi connectivity index (χ4v) is 6.28. The van der Waals surface area contributed by atoms with Crippen LogP contribution in [0.5, 0.6) is 34.5 Å². The van der Waals surface area contributed by atoms with Crippen LogP contribution >= 0.6 is 15.6 Å². The average molecular weight is 830 g/mol. The van der Waals surface area contributed by atoms with E-state index in [1.807, 2.05) is 36.4 Å². The number of benzene rings is 6. The Kier molecular flexibility index (Phi) is 17.6. The topological polar surface area (TPSA) is 89.5 Å². The van der Waals surface area contributed by atoms with Gasteiger partial charge < -0.3 is 52.0 Å². The number of hydrogen-bond donors (Lipinski definition) is 0. The Labute approximate surface area is 312 Å². The summed E-state index contributed by atoms with van der Waals surface area (Å²) in [5.41, 5.74) is 0. The standard InChI is InChI=1S/2C18H15O4P.2ClH.Pd/c2*19-23(20-16-10-4-1-5-11-16,21-17-12-6-2-7-13-17)22-18-14-8-3-9-15-18;;;/h2*1-15H;2*1H;/q;;;;+2/p-2. The van der Waals surface area contributed by atoms with Gasteiger partial charge >= 0.3 is 36.1 Å². The second-order valence-corrected chi connectivity index (χ2v) is 12.2. The van der Waals surface area contributed by atoms with E-state index in [1.165, 1.54) is 0 Å². The number of halogens is 2. The average Bonchev–Trinajstić information content (AvgIpc) is 3.07. The van der Waals surface area contributed by atoms with Crippen LogP contribution in [0.1, 0.15) is 0 Å². The fourth-order valence-electron chi connectivity index (χ4n) is 3.77. The molecule has 0 spiro atoms. The van der Waals surface area contributed by atoms with Crippen LogP contribution in [0.2, 0.25) is 0 Å². The van der Waals surface area contributed by atoms with Crippen molar-refractivity contribution in [3.63, 3.8) is 0 Å². The quantitative estimate of drug-likeness (QED) is 0.130. The van der Waals surface area contributed by atoms with Crippen molar-refractivity contribution in [2.45, 2.75) is 0 Å². The third-order valence-electron chi connectivity index (χ3n) is 5.76. The number of para-hydroxylation sites is 6. The van der Waals surface area contributed by atoms with Gasteiger partial charge in [-0.25, -0.2) is 0 Å². The number of rotatable bonds is 12. The summed E-state index contributed by atoms with van der Waals surface area (Å²) < 4.78 is 59.2. The summed E-state index contributed by atoms with van der Waals surface area (Å²) in [6.45, 7) is 0. The van der Waals surface area contributed by atoms with E-state index in [2.05, 4.69) is 0 Å². The third-order valence-corrected chi connectivity index (χ3v) is 8.37. The minimum atomic E-state index is -3.89. The molecule has 0 saturated heterocycles. The van der Waals surface area contributed by atoms with Gasteiger partial charge in [0.15, 0.2) is 0 Å². The van der Waals surface area contributed by atoms with Crippen LogP contribution in [0, 0.1) is 0 Å². The van der Waals surface area contributed by atoms with E-state index in [9.17, 15) is 9.13 Å². The van der Waals surface area contributed by atoms with Crippen molar-refractivity contribution in [3.05, 3.63) is 182 Å². The Morgan fingerprint density at radius 3 is 0.510 bits per heavy atom. The molecule has 8 nitrogen and oxygen atoms in total. The van der Waals surface area contributed by atoms with Crippen LogP contribution in [0.25, 0.3) is 0 Å². The molecule has 0 aliphatic rings. The maximum absolute atomic E-state index is 13.1. The van der Waals surface area contributed by atoms with E-state index < -0.39 is 15.6 Å². The fraction of sp³-hybridized carbons (Fsp3) is 0. The first-order valence-electron chi connectivity index (χ1n) is 14.1. The second kappa shape index (κ2) is 21.0. The minimum Gasteiger partial charge on any atom is -1.00 e. The Balaban J connectivity index is 0.000000321. The molecule has 256 valence electrons. The molecule has 0 N–H and O–H groups in total. The molecule has 0 aliphatic heterocycles. The van der Waals surface area contributed by atoms with Crippen molar-refractivity contribution in [1.29, 1.82) is 0 Å².